The highest BCUT2D eigenvalue weighted by atomic mass is 35.5. The first-order chi connectivity index (χ1) is 16.4. The molecule has 2 heterocycles. The summed E-state index contributed by atoms with van der Waals surface area (Å²) in [6.45, 7) is 7.43. The fourth-order valence-corrected chi connectivity index (χ4v) is 4.50. The summed E-state index contributed by atoms with van der Waals surface area (Å²) in [4.78, 5) is 28.8. The highest BCUT2D eigenvalue weighted by Gasteiger charge is 2.42. The Hall–Kier alpha value is -3.03. The van der Waals surface area contributed by atoms with Crippen molar-refractivity contribution in [1.29, 1.82) is 0 Å². The van der Waals surface area contributed by atoms with Crippen LogP contribution in [0.1, 0.15) is 53.6 Å². The molecule has 0 radical (unpaired) electrons. The van der Waals surface area contributed by atoms with E-state index in [2.05, 4.69) is 0 Å². The zero-order valence-electron chi connectivity index (χ0n) is 19.8. The van der Waals surface area contributed by atoms with Crippen LogP contribution in [0.25, 0.3) is 11.0 Å². The van der Waals surface area contributed by atoms with E-state index in [1.165, 1.54) is 0 Å². The van der Waals surface area contributed by atoms with Gasteiger partial charge in [0.05, 0.1) is 30.2 Å². The first kappa shape index (κ1) is 24.1. The molecule has 0 aliphatic carbocycles. The van der Waals surface area contributed by atoms with Gasteiger partial charge in [-0.05, 0) is 62.6 Å². The normalized spacial score (nSPS) is 15.1. The molecule has 3 aromatic rings. The zero-order valence-corrected chi connectivity index (χ0v) is 20.5. The van der Waals surface area contributed by atoms with Gasteiger partial charge in [0, 0.05) is 25.3 Å². The van der Waals surface area contributed by atoms with Crippen molar-refractivity contribution in [3.05, 3.63) is 68.0 Å². The summed E-state index contributed by atoms with van der Waals surface area (Å²) in [6.07, 6.45) is 0.612. The van der Waals surface area contributed by atoms with Gasteiger partial charge in [-0.2, -0.15) is 0 Å². The van der Waals surface area contributed by atoms with Crippen molar-refractivity contribution in [2.45, 2.75) is 33.2 Å². The van der Waals surface area contributed by atoms with Crippen LogP contribution in [0.4, 0.5) is 0 Å². The van der Waals surface area contributed by atoms with Crippen LogP contribution in [-0.4, -0.2) is 44.3 Å². The summed E-state index contributed by atoms with van der Waals surface area (Å²) in [5.74, 6) is 0.905. The number of ether oxygens (including phenoxy) is 3. The van der Waals surface area contributed by atoms with Gasteiger partial charge in [0.15, 0.2) is 16.9 Å². The molecule has 1 aromatic heterocycles. The molecule has 34 heavy (non-hydrogen) atoms. The predicted octanol–water partition coefficient (Wildman–Crippen LogP) is 5.13. The number of hydrogen-bond donors (Lipinski definition) is 0. The number of methoxy groups -OCH3 is 1. The lowest BCUT2D eigenvalue weighted by Gasteiger charge is -2.26. The molecule has 0 saturated carbocycles. The van der Waals surface area contributed by atoms with Gasteiger partial charge in [-0.25, -0.2) is 0 Å². The molecular formula is C26H28ClNO6. The number of halogens is 1. The van der Waals surface area contributed by atoms with Crippen molar-refractivity contribution < 1.29 is 23.4 Å². The third-order valence-electron chi connectivity index (χ3n) is 5.88. The fourth-order valence-electron chi connectivity index (χ4n) is 4.34. The average molecular weight is 486 g/mol. The second-order valence-electron chi connectivity index (χ2n) is 8.09. The number of carbonyl (C=O) groups excluding carboxylic acids is 1. The number of fused-ring (bicyclic) bond motifs is 2. The molecule has 1 amide bonds. The van der Waals surface area contributed by atoms with Crippen LogP contribution in [0, 0.1) is 6.92 Å². The van der Waals surface area contributed by atoms with E-state index in [0.29, 0.717) is 65.8 Å². The SMILES string of the molecule is CCOc1ccc(C2c3c(oc4cc(C)c(Cl)cc4c3=O)C(=O)N2CCCOC)cc1OCC. The van der Waals surface area contributed by atoms with Gasteiger partial charge >= 0.3 is 0 Å². The van der Waals surface area contributed by atoms with E-state index < -0.39 is 6.04 Å². The monoisotopic (exact) mass is 485 g/mol. The number of nitrogens with zero attached hydrogens (tertiary/aromatic N) is 1. The molecule has 7 nitrogen and oxygen atoms in total. The van der Waals surface area contributed by atoms with Crippen LogP contribution in [0.15, 0.2) is 39.5 Å². The molecule has 4 rings (SSSR count). The zero-order chi connectivity index (χ0) is 24.4. The van der Waals surface area contributed by atoms with Gasteiger partial charge in [-0.3, -0.25) is 9.59 Å². The highest BCUT2D eigenvalue weighted by Crippen LogP contribution is 2.41. The number of benzene rings is 2. The van der Waals surface area contributed by atoms with Crippen molar-refractivity contribution in [2.24, 2.45) is 0 Å². The maximum atomic E-state index is 13.7. The van der Waals surface area contributed by atoms with Crippen molar-refractivity contribution in [2.75, 3.05) is 33.5 Å². The first-order valence-electron chi connectivity index (χ1n) is 11.4. The van der Waals surface area contributed by atoms with Crippen LogP contribution >= 0.6 is 11.6 Å². The molecule has 0 bridgehead atoms. The van der Waals surface area contributed by atoms with Crippen molar-refractivity contribution in [3.63, 3.8) is 0 Å². The van der Waals surface area contributed by atoms with Gasteiger partial charge in [0.25, 0.3) is 5.91 Å². The molecule has 1 atom stereocenters. The molecular weight excluding hydrogens is 458 g/mol. The van der Waals surface area contributed by atoms with Crippen LogP contribution in [0.3, 0.4) is 0 Å². The van der Waals surface area contributed by atoms with E-state index in [1.807, 2.05) is 39.0 Å². The smallest absolute Gasteiger partial charge is 0.290 e. The van der Waals surface area contributed by atoms with Crippen LogP contribution in [0.2, 0.25) is 5.02 Å². The van der Waals surface area contributed by atoms with E-state index in [4.69, 9.17) is 30.2 Å². The lowest BCUT2D eigenvalue weighted by atomic mass is 9.97. The standard InChI is InChI=1S/C26H28ClNO6/c1-5-32-19-9-8-16(13-21(19)33-6-2)23-22-24(29)17-14-18(27)15(3)12-20(17)34-25(22)26(30)28(23)10-7-11-31-4/h8-9,12-14,23H,5-7,10-11H2,1-4H3. The Labute approximate surface area is 203 Å². The van der Waals surface area contributed by atoms with E-state index in [9.17, 15) is 9.59 Å². The van der Waals surface area contributed by atoms with Gasteiger partial charge in [-0.1, -0.05) is 17.7 Å². The minimum atomic E-state index is -0.630. The summed E-state index contributed by atoms with van der Waals surface area (Å²) in [5.41, 5.74) is 1.89. The van der Waals surface area contributed by atoms with Crippen LogP contribution in [-0.2, 0) is 4.74 Å². The number of amides is 1. The summed E-state index contributed by atoms with van der Waals surface area (Å²) >= 11 is 6.31. The second kappa shape index (κ2) is 10.1. The summed E-state index contributed by atoms with van der Waals surface area (Å²) in [7, 11) is 1.61. The summed E-state index contributed by atoms with van der Waals surface area (Å²) in [5, 5.41) is 0.819. The number of aryl methyl sites for hydroxylation is 1. The third-order valence-corrected chi connectivity index (χ3v) is 6.28. The molecule has 0 spiro atoms. The Morgan fingerprint density at radius 3 is 2.50 bits per heavy atom. The van der Waals surface area contributed by atoms with Gasteiger partial charge in [-0.15, -0.1) is 0 Å². The van der Waals surface area contributed by atoms with E-state index in [1.54, 1.807) is 24.1 Å². The second-order valence-corrected chi connectivity index (χ2v) is 8.50. The maximum Gasteiger partial charge on any atom is 0.290 e. The molecule has 0 N–H and O–H groups in total. The highest BCUT2D eigenvalue weighted by molar-refractivity contribution is 6.32. The Balaban J connectivity index is 1.92. The molecule has 0 saturated heterocycles. The van der Waals surface area contributed by atoms with Crippen molar-refractivity contribution >= 4 is 28.5 Å². The Kier molecular flexibility index (Phi) is 7.14. The average Bonchev–Trinajstić information content (AvgIpc) is 3.09. The molecule has 8 heteroatoms. The molecule has 180 valence electrons. The molecule has 0 fully saturated rings. The number of hydrogen-bond acceptors (Lipinski definition) is 6. The number of carbonyl (C=O) groups is 1. The van der Waals surface area contributed by atoms with Crippen LogP contribution < -0.4 is 14.9 Å². The third kappa shape index (κ3) is 4.26. The van der Waals surface area contributed by atoms with Crippen molar-refractivity contribution in [3.8, 4) is 11.5 Å². The van der Waals surface area contributed by atoms with Gasteiger partial charge in [0.1, 0.15) is 5.58 Å². The van der Waals surface area contributed by atoms with Gasteiger partial charge in [0.2, 0.25) is 5.76 Å². The largest absolute Gasteiger partial charge is 0.490 e. The molecule has 1 aliphatic rings. The Morgan fingerprint density at radius 1 is 1.06 bits per heavy atom. The summed E-state index contributed by atoms with van der Waals surface area (Å²) in [6, 6.07) is 8.17. The molecule has 2 aromatic carbocycles. The first-order valence-corrected chi connectivity index (χ1v) is 11.7. The predicted molar refractivity (Wildman–Crippen MR) is 130 cm³/mol. The van der Waals surface area contributed by atoms with E-state index in [0.717, 1.165) is 11.1 Å². The number of rotatable bonds is 9. The molecule has 1 aliphatic heterocycles. The fraction of sp³-hybridized carbons (Fsp3) is 0.385. The van der Waals surface area contributed by atoms with E-state index in [-0.39, 0.29) is 17.1 Å². The topological polar surface area (TPSA) is 78.2 Å². The Morgan fingerprint density at radius 2 is 1.79 bits per heavy atom. The quantitative estimate of drug-likeness (QED) is 0.391. The molecule has 1 unspecified atom stereocenters. The van der Waals surface area contributed by atoms with E-state index >= 15 is 0 Å². The lowest BCUT2D eigenvalue weighted by Crippen LogP contribution is -2.31. The Bertz CT molecular complexity index is 1280. The maximum absolute atomic E-state index is 13.7. The summed E-state index contributed by atoms with van der Waals surface area (Å²) < 4.78 is 22.7. The van der Waals surface area contributed by atoms with Crippen molar-refractivity contribution in [1.82, 2.24) is 4.90 Å². The van der Waals surface area contributed by atoms with Crippen LogP contribution in [0.5, 0.6) is 11.5 Å². The minimum absolute atomic E-state index is 0.0634. The van der Waals surface area contributed by atoms with Gasteiger partial charge < -0.3 is 23.5 Å². The lowest BCUT2D eigenvalue weighted by molar-refractivity contribution is 0.0707. The minimum Gasteiger partial charge on any atom is -0.490 e.